The lowest BCUT2D eigenvalue weighted by Gasteiger charge is -2.23. The summed E-state index contributed by atoms with van der Waals surface area (Å²) in [5.41, 5.74) is 1.63. The van der Waals surface area contributed by atoms with Crippen molar-refractivity contribution in [1.82, 2.24) is 15.1 Å². The minimum Gasteiger partial charge on any atom is -0.352 e. The molecule has 0 spiro atoms. The Morgan fingerprint density at radius 2 is 1.96 bits per heavy atom. The van der Waals surface area contributed by atoms with Crippen LogP contribution < -0.4 is 5.32 Å². The molecule has 1 aromatic heterocycles. The summed E-state index contributed by atoms with van der Waals surface area (Å²) in [6, 6.07) is 11.5. The number of ketones is 1. The molecule has 6 nitrogen and oxygen atoms in total. The lowest BCUT2D eigenvalue weighted by molar-refractivity contribution is -0.130. The van der Waals surface area contributed by atoms with Crippen molar-refractivity contribution in [2.45, 2.75) is 38.1 Å². The Bertz CT molecular complexity index is 858. The third-order valence-corrected chi connectivity index (χ3v) is 4.69. The Morgan fingerprint density at radius 3 is 2.67 bits per heavy atom. The van der Waals surface area contributed by atoms with Crippen LogP contribution in [-0.4, -0.2) is 27.5 Å². The van der Waals surface area contributed by atoms with Crippen molar-refractivity contribution in [3.05, 3.63) is 54.4 Å². The average Bonchev–Trinajstić information content (AvgIpc) is 3.17. The van der Waals surface area contributed by atoms with Gasteiger partial charge in [-0.15, -0.1) is 0 Å². The van der Waals surface area contributed by atoms with Crippen molar-refractivity contribution < 1.29 is 9.59 Å². The van der Waals surface area contributed by atoms with Gasteiger partial charge in [0.2, 0.25) is 5.91 Å². The van der Waals surface area contributed by atoms with Gasteiger partial charge in [0.25, 0.3) is 0 Å². The van der Waals surface area contributed by atoms with Gasteiger partial charge in [0.15, 0.2) is 11.7 Å². The van der Waals surface area contributed by atoms with Crippen LogP contribution in [0.3, 0.4) is 0 Å². The molecule has 0 saturated heterocycles. The SMILES string of the molecule is N#CC(C(=O)/C=C/c1cnn(-c2ccccc2)c1)C(=O)NC1CCCCC1. The quantitative estimate of drug-likeness (QED) is 0.632. The average molecular weight is 362 g/mol. The highest BCUT2D eigenvalue weighted by atomic mass is 16.2. The number of para-hydroxylation sites is 1. The number of hydrogen-bond donors (Lipinski definition) is 1. The van der Waals surface area contributed by atoms with E-state index in [-0.39, 0.29) is 6.04 Å². The number of rotatable bonds is 6. The van der Waals surface area contributed by atoms with Gasteiger partial charge in [-0.2, -0.15) is 10.4 Å². The number of carbonyl (C=O) groups excluding carboxylic acids is 2. The largest absolute Gasteiger partial charge is 0.352 e. The highest BCUT2D eigenvalue weighted by molar-refractivity contribution is 6.10. The van der Waals surface area contributed by atoms with E-state index in [1.807, 2.05) is 36.4 Å². The van der Waals surface area contributed by atoms with E-state index < -0.39 is 17.6 Å². The molecule has 1 amide bonds. The summed E-state index contributed by atoms with van der Waals surface area (Å²) in [5.74, 6) is -2.33. The third kappa shape index (κ3) is 4.91. The van der Waals surface area contributed by atoms with Crippen LogP contribution in [0.25, 0.3) is 11.8 Å². The maximum atomic E-state index is 12.3. The van der Waals surface area contributed by atoms with Gasteiger partial charge in [0.1, 0.15) is 0 Å². The zero-order valence-corrected chi connectivity index (χ0v) is 15.0. The number of nitriles is 1. The fourth-order valence-corrected chi connectivity index (χ4v) is 3.20. The molecule has 27 heavy (non-hydrogen) atoms. The van der Waals surface area contributed by atoms with Gasteiger partial charge in [0.05, 0.1) is 18.0 Å². The Kier molecular flexibility index (Phi) is 6.16. The van der Waals surface area contributed by atoms with Crippen molar-refractivity contribution in [1.29, 1.82) is 5.26 Å². The Morgan fingerprint density at radius 1 is 1.22 bits per heavy atom. The van der Waals surface area contributed by atoms with E-state index in [0.717, 1.165) is 36.9 Å². The molecule has 1 aliphatic carbocycles. The molecule has 1 unspecified atom stereocenters. The highest BCUT2D eigenvalue weighted by Gasteiger charge is 2.27. The monoisotopic (exact) mass is 362 g/mol. The van der Waals surface area contributed by atoms with E-state index in [2.05, 4.69) is 10.4 Å². The molecule has 1 fully saturated rings. The van der Waals surface area contributed by atoms with Crippen molar-refractivity contribution in [3.8, 4) is 11.8 Å². The van der Waals surface area contributed by atoms with E-state index in [4.69, 9.17) is 0 Å². The van der Waals surface area contributed by atoms with Gasteiger partial charge in [-0.3, -0.25) is 9.59 Å². The van der Waals surface area contributed by atoms with Crippen LogP contribution in [0.15, 0.2) is 48.8 Å². The van der Waals surface area contributed by atoms with Gasteiger partial charge in [0, 0.05) is 17.8 Å². The molecule has 2 aromatic rings. The zero-order chi connectivity index (χ0) is 19.1. The van der Waals surface area contributed by atoms with Gasteiger partial charge >= 0.3 is 0 Å². The molecular formula is C21H22N4O2. The normalized spacial score (nSPS) is 16.0. The third-order valence-electron chi connectivity index (χ3n) is 4.69. The fourth-order valence-electron chi connectivity index (χ4n) is 3.20. The van der Waals surface area contributed by atoms with Crippen LogP contribution in [0.5, 0.6) is 0 Å². The van der Waals surface area contributed by atoms with Crippen LogP contribution >= 0.6 is 0 Å². The summed E-state index contributed by atoms with van der Waals surface area (Å²) >= 11 is 0. The molecule has 0 aliphatic heterocycles. The molecule has 0 bridgehead atoms. The van der Waals surface area contributed by atoms with Crippen LogP contribution in [0.4, 0.5) is 0 Å². The first kappa shape index (κ1) is 18.6. The topological polar surface area (TPSA) is 87.8 Å². The molecule has 3 rings (SSSR count). The Labute approximate surface area is 158 Å². The first-order valence-electron chi connectivity index (χ1n) is 9.19. The first-order valence-corrected chi connectivity index (χ1v) is 9.19. The van der Waals surface area contributed by atoms with Crippen LogP contribution in [-0.2, 0) is 9.59 Å². The molecule has 1 aliphatic rings. The number of aromatic nitrogens is 2. The van der Waals surface area contributed by atoms with Gasteiger partial charge < -0.3 is 5.32 Å². The van der Waals surface area contributed by atoms with Crippen LogP contribution in [0.1, 0.15) is 37.7 Å². The second-order valence-corrected chi connectivity index (χ2v) is 6.70. The molecule has 1 aromatic carbocycles. The smallest absolute Gasteiger partial charge is 0.245 e. The second-order valence-electron chi connectivity index (χ2n) is 6.70. The van der Waals surface area contributed by atoms with E-state index in [9.17, 15) is 14.9 Å². The second kappa shape index (κ2) is 8.95. The van der Waals surface area contributed by atoms with Gasteiger partial charge in [-0.05, 0) is 37.1 Å². The number of carbonyl (C=O) groups is 2. The number of hydrogen-bond acceptors (Lipinski definition) is 4. The predicted octanol–water partition coefficient (Wildman–Crippen LogP) is 3.04. The first-order chi connectivity index (χ1) is 13.2. The van der Waals surface area contributed by atoms with Gasteiger partial charge in [-0.25, -0.2) is 4.68 Å². The van der Waals surface area contributed by atoms with E-state index >= 15 is 0 Å². The highest BCUT2D eigenvalue weighted by Crippen LogP contribution is 2.18. The zero-order valence-electron chi connectivity index (χ0n) is 15.0. The molecule has 0 radical (unpaired) electrons. The molecule has 1 saturated carbocycles. The summed E-state index contributed by atoms with van der Waals surface area (Å²) in [6.07, 6.45) is 11.4. The number of nitrogens with one attached hydrogen (secondary N) is 1. The van der Waals surface area contributed by atoms with Crippen molar-refractivity contribution in [2.75, 3.05) is 0 Å². The van der Waals surface area contributed by atoms with E-state index in [0.29, 0.717) is 0 Å². The maximum Gasteiger partial charge on any atom is 0.245 e. The minimum absolute atomic E-state index is 0.0722. The summed E-state index contributed by atoms with van der Waals surface area (Å²) < 4.78 is 1.70. The number of amides is 1. The van der Waals surface area contributed by atoms with Crippen molar-refractivity contribution in [3.63, 3.8) is 0 Å². The molecule has 1 heterocycles. The molecule has 138 valence electrons. The summed E-state index contributed by atoms with van der Waals surface area (Å²) in [4.78, 5) is 24.6. The number of benzene rings is 1. The number of allylic oxidation sites excluding steroid dienone is 1. The van der Waals surface area contributed by atoms with Crippen molar-refractivity contribution >= 4 is 17.8 Å². The minimum atomic E-state index is -1.31. The van der Waals surface area contributed by atoms with E-state index in [1.54, 1.807) is 23.2 Å². The Balaban J connectivity index is 1.61. The lowest BCUT2D eigenvalue weighted by atomic mass is 9.94. The van der Waals surface area contributed by atoms with Crippen LogP contribution in [0, 0.1) is 17.2 Å². The predicted molar refractivity (Wildman–Crippen MR) is 102 cm³/mol. The molecule has 1 atom stereocenters. The van der Waals surface area contributed by atoms with Gasteiger partial charge in [-0.1, -0.05) is 37.5 Å². The Hall–Kier alpha value is -3.20. The standard InChI is InChI=1S/C21H22N4O2/c22-13-19(21(27)24-17-7-3-1-4-8-17)20(26)12-11-16-14-23-25(15-16)18-9-5-2-6-10-18/h2,5-6,9-12,14-15,17,19H,1,3-4,7-8H2,(H,24,27)/b12-11+. The maximum absolute atomic E-state index is 12.3. The van der Waals surface area contributed by atoms with Crippen LogP contribution in [0.2, 0.25) is 0 Å². The summed E-state index contributed by atoms with van der Waals surface area (Å²) in [5, 5.41) is 16.4. The molecule has 6 heteroatoms. The summed E-state index contributed by atoms with van der Waals surface area (Å²) in [6.45, 7) is 0. The number of nitrogens with zero attached hydrogens (tertiary/aromatic N) is 3. The fraction of sp³-hybridized carbons (Fsp3) is 0.333. The molecular weight excluding hydrogens is 340 g/mol. The lowest BCUT2D eigenvalue weighted by Crippen LogP contribution is -2.41. The summed E-state index contributed by atoms with van der Waals surface area (Å²) in [7, 11) is 0. The molecule has 1 N–H and O–H groups in total. The van der Waals surface area contributed by atoms with Crippen molar-refractivity contribution in [2.24, 2.45) is 5.92 Å². The van der Waals surface area contributed by atoms with E-state index in [1.165, 1.54) is 12.5 Å².